The predicted octanol–water partition coefficient (Wildman–Crippen LogP) is 3.28. The molecule has 1 fully saturated rings. The second-order valence-corrected chi connectivity index (χ2v) is 9.84. The van der Waals surface area contributed by atoms with Crippen LogP contribution in [-0.2, 0) is 24.4 Å². The van der Waals surface area contributed by atoms with Gasteiger partial charge in [0.1, 0.15) is 0 Å². The molecule has 0 aromatic heterocycles. The van der Waals surface area contributed by atoms with Crippen LogP contribution in [-0.4, -0.2) is 39.0 Å². The highest BCUT2D eigenvalue weighted by Crippen LogP contribution is 2.22. The minimum Gasteiger partial charge on any atom is -0.264 e. The van der Waals surface area contributed by atoms with Crippen molar-refractivity contribution in [1.82, 2.24) is 0 Å². The summed E-state index contributed by atoms with van der Waals surface area (Å²) in [5.41, 5.74) is 0. The summed E-state index contributed by atoms with van der Waals surface area (Å²) in [4.78, 5) is 0. The molecule has 0 bridgehead atoms. The molecule has 0 radical (unpaired) electrons. The minimum atomic E-state index is -4.58. The number of hydrogen-bond donors (Lipinski definition) is 1. The van der Waals surface area contributed by atoms with E-state index in [9.17, 15) is 16.8 Å². The fourth-order valence-corrected chi connectivity index (χ4v) is 5.18. The molecule has 1 rings (SSSR count). The van der Waals surface area contributed by atoms with Crippen molar-refractivity contribution < 1.29 is 25.6 Å². The number of hydrogen-bond acceptors (Lipinski definition) is 5. The third kappa shape index (κ3) is 10.3. The van der Waals surface area contributed by atoms with E-state index in [0.29, 0.717) is 12.8 Å². The second kappa shape index (κ2) is 10.6. The summed E-state index contributed by atoms with van der Waals surface area (Å²) >= 11 is 0. The average molecular weight is 371 g/mol. The van der Waals surface area contributed by atoms with Crippen LogP contribution in [0.2, 0.25) is 0 Å². The van der Waals surface area contributed by atoms with Gasteiger partial charge in [-0.15, -0.1) is 0 Å². The van der Waals surface area contributed by atoms with Gasteiger partial charge >= 0.3 is 10.4 Å². The molecule has 138 valence electrons. The zero-order valence-corrected chi connectivity index (χ0v) is 15.4. The first kappa shape index (κ1) is 20.9. The van der Waals surface area contributed by atoms with Gasteiger partial charge in [-0.3, -0.25) is 4.55 Å². The molecule has 0 aliphatic heterocycles. The quantitative estimate of drug-likeness (QED) is 0.746. The van der Waals surface area contributed by atoms with Crippen LogP contribution >= 0.6 is 0 Å². The first-order valence-electron chi connectivity index (χ1n) is 8.65. The molecule has 0 unspecified atom stereocenters. The third-order valence-electron chi connectivity index (χ3n) is 4.41. The molecule has 0 aromatic rings. The molecule has 0 heterocycles. The summed E-state index contributed by atoms with van der Waals surface area (Å²) in [6.45, 7) is -0.516. The molecular weight excluding hydrogens is 340 g/mol. The van der Waals surface area contributed by atoms with Crippen molar-refractivity contribution in [3.8, 4) is 0 Å². The Balaban J connectivity index is 2.54. The normalized spacial score (nSPS) is 21.1. The first-order chi connectivity index (χ1) is 10.8. The van der Waals surface area contributed by atoms with Crippen molar-refractivity contribution in [2.75, 3.05) is 12.4 Å². The van der Waals surface area contributed by atoms with Gasteiger partial charge in [0.25, 0.3) is 0 Å². The molecule has 0 atom stereocenters. The predicted molar refractivity (Wildman–Crippen MR) is 90.5 cm³/mol. The van der Waals surface area contributed by atoms with Crippen LogP contribution in [0, 0.1) is 0 Å². The second-order valence-electron chi connectivity index (χ2n) is 6.35. The van der Waals surface area contributed by atoms with Crippen LogP contribution in [0.15, 0.2) is 0 Å². The van der Waals surface area contributed by atoms with Gasteiger partial charge in [0.2, 0.25) is 0 Å². The standard InChI is InChI=1S/C15H30O6S2/c16-22(17,14-13-21-23(18,19)20)15-11-9-7-5-3-1-2-4-6-8-10-12-15/h15H,1-14H2,(H,18,19,20). The lowest BCUT2D eigenvalue weighted by atomic mass is 10.1. The monoisotopic (exact) mass is 370 g/mol. The van der Waals surface area contributed by atoms with Gasteiger partial charge in [0, 0.05) is 0 Å². The summed E-state index contributed by atoms with van der Waals surface area (Å²) in [7, 11) is -7.98. The summed E-state index contributed by atoms with van der Waals surface area (Å²) < 4.78 is 58.5. The molecule has 8 heteroatoms. The zero-order valence-electron chi connectivity index (χ0n) is 13.8. The molecule has 0 amide bonds. The lowest BCUT2D eigenvalue weighted by molar-refractivity contribution is 0.283. The Labute approximate surface area is 140 Å². The van der Waals surface area contributed by atoms with Crippen LogP contribution in [0.4, 0.5) is 0 Å². The molecule has 0 saturated heterocycles. The fraction of sp³-hybridized carbons (Fsp3) is 1.00. The molecule has 23 heavy (non-hydrogen) atoms. The van der Waals surface area contributed by atoms with E-state index >= 15 is 0 Å². The Hall–Kier alpha value is -0.180. The van der Waals surface area contributed by atoms with Gasteiger partial charge in [-0.2, -0.15) is 8.42 Å². The van der Waals surface area contributed by atoms with Crippen molar-refractivity contribution in [3.63, 3.8) is 0 Å². The van der Waals surface area contributed by atoms with E-state index < -0.39 is 32.1 Å². The molecule has 1 saturated carbocycles. The van der Waals surface area contributed by atoms with Crippen molar-refractivity contribution in [2.45, 2.75) is 82.3 Å². The molecular formula is C15H30O6S2. The van der Waals surface area contributed by atoms with E-state index in [2.05, 4.69) is 4.18 Å². The molecule has 0 aromatic carbocycles. The van der Waals surface area contributed by atoms with Gasteiger partial charge in [-0.1, -0.05) is 64.2 Å². The summed E-state index contributed by atoms with van der Waals surface area (Å²) in [5.74, 6) is -0.364. The van der Waals surface area contributed by atoms with Crippen molar-refractivity contribution in [2.24, 2.45) is 0 Å². The summed E-state index contributed by atoms with van der Waals surface area (Å²) in [5, 5.41) is -0.423. The van der Waals surface area contributed by atoms with Gasteiger partial charge in [0.05, 0.1) is 17.6 Å². The molecule has 0 spiro atoms. The van der Waals surface area contributed by atoms with E-state index in [1.807, 2.05) is 0 Å². The lowest BCUT2D eigenvalue weighted by Crippen LogP contribution is -2.27. The van der Waals surface area contributed by atoms with Crippen LogP contribution in [0.3, 0.4) is 0 Å². The van der Waals surface area contributed by atoms with E-state index in [4.69, 9.17) is 4.55 Å². The smallest absolute Gasteiger partial charge is 0.264 e. The molecule has 1 aliphatic rings. The average Bonchev–Trinajstić information content (AvgIpc) is 2.46. The van der Waals surface area contributed by atoms with E-state index in [-0.39, 0.29) is 5.75 Å². The Morgan fingerprint density at radius 1 is 0.739 bits per heavy atom. The van der Waals surface area contributed by atoms with Gasteiger partial charge in [-0.25, -0.2) is 12.6 Å². The van der Waals surface area contributed by atoms with E-state index in [1.54, 1.807) is 0 Å². The van der Waals surface area contributed by atoms with Crippen LogP contribution in [0.5, 0.6) is 0 Å². The largest absolute Gasteiger partial charge is 0.397 e. The maximum absolute atomic E-state index is 12.4. The third-order valence-corrected chi connectivity index (χ3v) is 7.10. The van der Waals surface area contributed by atoms with Crippen LogP contribution in [0.25, 0.3) is 0 Å². The summed E-state index contributed by atoms with van der Waals surface area (Å²) in [6.07, 6.45) is 12.4. The van der Waals surface area contributed by atoms with E-state index in [1.165, 1.54) is 25.7 Å². The van der Waals surface area contributed by atoms with Crippen molar-refractivity contribution in [1.29, 1.82) is 0 Å². The van der Waals surface area contributed by atoms with Crippen LogP contribution in [0.1, 0.15) is 77.0 Å². The maximum Gasteiger partial charge on any atom is 0.397 e. The Morgan fingerprint density at radius 3 is 1.52 bits per heavy atom. The van der Waals surface area contributed by atoms with Crippen LogP contribution < -0.4 is 0 Å². The topological polar surface area (TPSA) is 97.7 Å². The van der Waals surface area contributed by atoms with Crippen molar-refractivity contribution in [3.05, 3.63) is 0 Å². The summed E-state index contributed by atoms with van der Waals surface area (Å²) in [6, 6.07) is 0. The Kier molecular flexibility index (Phi) is 9.65. The molecule has 1 N–H and O–H groups in total. The Bertz CT molecular complexity index is 498. The highest BCUT2D eigenvalue weighted by atomic mass is 32.3. The molecule has 1 aliphatic carbocycles. The van der Waals surface area contributed by atoms with Crippen molar-refractivity contribution >= 4 is 20.2 Å². The maximum atomic E-state index is 12.4. The Morgan fingerprint density at radius 2 is 1.13 bits per heavy atom. The van der Waals surface area contributed by atoms with Gasteiger partial charge in [0.15, 0.2) is 9.84 Å². The highest BCUT2D eigenvalue weighted by Gasteiger charge is 2.25. The van der Waals surface area contributed by atoms with Gasteiger partial charge < -0.3 is 0 Å². The lowest BCUT2D eigenvalue weighted by Gasteiger charge is -2.17. The first-order valence-corrected chi connectivity index (χ1v) is 11.7. The zero-order chi connectivity index (χ0) is 17.2. The molecule has 6 nitrogen and oxygen atoms in total. The highest BCUT2D eigenvalue weighted by molar-refractivity contribution is 7.92. The number of sulfone groups is 1. The van der Waals surface area contributed by atoms with Gasteiger partial charge in [-0.05, 0) is 12.8 Å². The SMILES string of the molecule is O=S(=O)(O)OCCS(=O)(=O)C1CCCCCCCCCCCC1. The number of rotatable bonds is 5. The fourth-order valence-electron chi connectivity index (χ4n) is 3.08. The van der Waals surface area contributed by atoms with E-state index in [0.717, 1.165) is 38.5 Å². The minimum absolute atomic E-state index is 0.364.